The van der Waals surface area contributed by atoms with Gasteiger partial charge in [-0.25, -0.2) is 4.98 Å². The van der Waals surface area contributed by atoms with E-state index in [4.69, 9.17) is 0 Å². The maximum Gasteiger partial charge on any atom is 0.274 e. The Labute approximate surface area is 180 Å². The van der Waals surface area contributed by atoms with Crippen molar-refractivity contribution in [3.63, 3.8) is 0 Å². The number of thioether (sulfide) groups is 1. The number of nitrogens with one attached hydrogen (secondary N) is 2. The van der Waals surface area contributed by atoms with Crippen molar-refractivity contribution in [2.45, 2.75) is 24.8 Å². The highest BCUT2D eigenvalue weighted by Crippen LogP contribution is 2.29. The summed E-state index contributed by atoms with van der Waals surface area (Å²) in [4.78, 5) is 25.1. The van der Waals surface area contributed by atoms with Crippen molar-refractivity contribution < 1.29 is 0 Å². The number of fused-ring (bicyclic) bond motifs is 1. The molecule has 0 spiro atoms. The lowest BCUT2D eigenvalue weighted by Crippen LogP contribution is -2.33. The van der Waals surface area contributed by atoms with Crippen molar-refractivity contribution in [1.82, 2.24) is 19.4 Å². The van der Waals surface area contributed by atoms with Gasteiger partial charge in [-0.3, -0.25) is 4.79 Å². The van der Waals surface area contributed by atoms with Crippen LogP contribution in [0, 0.1) is 0 Å². The van der Waals surface area contributed by atoms with Gasteiger partial charge in [0, 0.05) is 43.3 Å². The normalized spacial score (nSPS) is 13.7. The molecule has 0 aliphatic carbocycles. The van der Waals surface area contributed by atoms with Crippen LogP contribution in [0.2, 0.25) is 0 Å². The first kappa shape index (κ1) is 20.4. The quantitative estimate of drug-likeness (QED) is 0.586. The van der Waals surface area contributed by atoms with E-state index in [-0.39, 0.29) is 5.56 Å². The summed E-state index contributed by atoms with van der Waals surface area (Å²) in [5.74, 6) is 2.06. The van der Waals surface area contributed by atoms with Gasteiger partial charge >= 0.3 is 0 Å². The summed E-state index contributed by atoms with van der Waals surface area (Å²) < 4.78 is 1.74. The van der Waals surface area contributed by atoms with Gasteiger partial charge in [0.1, 0.15) is 11.5 Å². The lowest BCUT2D eigenvalue weighted by Gasteiger charge is -2.27. The van der Waals surface area contributed by atoms with Crippen LogP contribution >= 0.6 is 11.8 Å². The molecule has 7 nitrogen and oxygen atoms in total. The third-order valence-corrected chi connectivity index (χ3v) is 6.11. The van der Waals surface area contributed by atoms with Crippen LogP contribution < -0.4 is 16.2 Å². The van der Waals surface area contributed by atoms with Gasteiger partial charge < -0.3 is 20.1 Å². The molecular weight excluding hydrogens is 396 g/mol. The highest BCUT2D eigenvalue weighted by molar-refractivity contribution is 7.99. The van der Waals surface area contributed by atoms with Crippen molar-refractivity contribution >= 4 is 34.9 Å². The first-order valence-electron chi connectivity index (χ1n) is 10.0. The van der Waals surface area contributed by atoms with E-state index >= 15 is 0 Å². The van der Waals surface area contributed by atoms with Gasteiger partial charge in [0.2, 0.25) is 5.95 Å². The summed E-state index contributed by atoms with van der Waals surface area (Å²) in [6.45, 7) is 3.92. The molecule has 4 rings (SSSR count). The molecule has 0 radical (unpaired) electrons. The fraction of sp³-hybridized carbons (Fsp3) is 0.318. The second kappa shape index (κ2) is 8.89. The van der Waals surface area contributed by atoms with E-state index in [1.807, 2.05) is 37.4 Å². The predicted octanol–water partition coefficient (Wildman–Crippen LogP) is 3.76. The molecule has 2 N–H and O–H groups in total. The second-order valence-corrected chi connectivity index (χ2v) is 8.63. The SMILES string of the molecule is CCSc1ccccc1Nc1ccnc(Nc2cc3c(n(C)c2=O)CCN(C)C3)n1. The zero-order valence-electron chi connectivity index (χ0n) is 17.5. The molecule has 1 aliphatic heterocycles. The van der Waals surface area contributed by atoms with Gasteiger partial charge in [0.15, 0.2) is 0 Å². The Hall–Kier alpha value is -2.84. The third-order valence-electron chi connectivity index (χ3n) is 5.15. The number of hydrogen-bond donors (Lipinski definition) is 2. The first-order chi connectivity index (χ1) is 14.5. The Bertz CT molecular complexity index is 1110. The maximum atomic E-state index is 12.8. The average molecular weight is 423 g/mol. The summed E-state index contributed by atoms with van der Waals surface area (Å²) in [7, 11) is 3.92. The number of aromatic nitrogens is 3. The molecule has 0 amide bonds. The van der Waals surface area contributed by atoms with Gasteiger partial charge in [-0.2, -0.15) is 4.98 Å². The molecule has 8 heteroatoms. The molecule has 30 heavy (non-hydrogen) atoms. The smallest absolute Gasteiger partial charge is 0.274 e. The maximum absolute atomic E-state index is 12.8. The molecule has 3 aromatic rings. The van der Waals surface area contributed by atoms with Gasteiger partial charge in [-0.1, -0.05) is 19.1 Å². The molecule has 156 valence electrons. The summed E-state index contributed by atoms with van der Waals surface area (Å²) in [5, 5.41) is 6.49. The van der Waals surface area contributed by atoms with Gasteiger partial charge in [-0.15, -0.1) is 11.8 Å². The van der Waals surface area contributed by atoms with E-state index < -0.39 is 0 Å². The second-order valence-electron chi connectivity index (χ2n) is 7.33. The van der Waals surface area contributed by atoms with E-state index in [0.717, 1.165) is 42.2 Å². The molecule has 0 saturated carbocycles. The monoisotopic (exact) mass is 422 g/mol. The number of likely N-dealkylation sites (N-methyl/N-ethyl adjacent to an activating group) is 1. The summed E-state index contributed by atoms with van der Waals surface area (Å²) in [6, 6.07) is 11.9. The average Bonchev–Trinajstić information content (AvgIpc) is 2.73. The fourth-order valence-electron chi connectivity index (χ4n) is 3.66. The molecule has 1 aliphatic rings. The lowest BCUT2D eigenvalue weighted by molar-refractivity contribution is 0.306. The summed E-state index contributed by atoms with van der Waals surface area (Å²) >= 11 is 1.78. The zero-order chi connectivity index (χ0) is 21.1. The first-order valence-corrected chi connectivity index (χ1v) is 11.0. The van der Waals surface area contributed by atoms with Crippen LogP contribution in [0.1, 0.15) is 18.2 Å². The van der Waals surface area contributed by atoms with Crippen molar-refractivity contribution in [1.29, 1.82) is 0 Å². The van der Waals surface area contributed by atoms with Crippen LogP contribution in [-0.4, -0.2) is 38.8 Å². The highest BCUT2D eigenvalue weighted by atomic mass is 32.2. The largest absolute Gasteiger partial charge is 0.339 e. The van der Waals surface area contributed by atoms with Gasteiger partial charge in [-0.05, 0) is 42.6 Å². The van der Waals surface area contributed by atoms with Crippen molar-refractivity contribution in [2.24, 2.45) is 7.05 Å². The molecule has 1 aromatic carbocycles. The van der Waals surface area contributed by atoms with Crippen LogP contribution in [-0.2, 0) is 20.0 Å². The van der Waals surface area contributed by atoms with Crippen LogP contribution in [0.15, 0.2) is 52.3 Å². The predicted molar refractivity (Wildman–Crippen MR) is 123 cm³/mol. The van der Waals surface area contributed by atoms with E-state index in [2.05, 4.69) is 45.5 Å². The Balaban J connectivity index is 1.59. The van der Waals surface area contributed by atoms with Crippen LogP contribution in [0.4, 0.5) is 23.1 Å². The van der Waals surface area contributed by atoms with Crippen molar-refractivity contribution in [3.8, 4) is 0 Å². The topological polar surface area (TPSA) is 75.1 Å². The van der Waals surface area contributed by atoms with Crippen LogP contribution in [0.5, 0.6) is 0 Å². The van der Waals surface area contributed by atoms with E-state index in [9.17, 15) is 4.79 Å². The zero-order valence-corrected chi connectivity index (χ0v) is 18.3. The number of rotatable bonds is 6. The van der Waals surface area contributed by atoms with Crippen LogP contribution in [0.3, 0.4) is 0 Å². The number of benzene rings is 1. The van der Waals surface area contributed by atoms with Crippen LogP contribution in [0.25, 0.3) is 0 Å². The molecule has 0 fully saturated rings. The highest BCUT2D eigenvalue weighted by Gasteiger charge is 2.19. The Kier molecular flexibility index (Phi) is 6.06. The minimum atomic E-state index is -0.0649. The minimum absolute atomic E-state index is 0.0649. The Morgan fingerprint density at radius 3 is 2.80 bits per heavy atom. The van der Waals surface area contributed by atoms with E-state index in [1.54, 1.807) is 22.5 Å². The number of pyridine rings is 1. The van der Waals surface area contributed by atoms with E-state index in [0.29, 0.717) is 17.5 Å². The fourth-order valence-corrected chi connectivity index (χ4v) is 4.42. The Morgan fingerprint density at radius 2 is 1.97 bits per heavy atom. The third kappa shape index (κ3) is 4.34. The number of hydrogen-bond acceptors (Lipinski definition) is 7. The standard InChI is InChI=1S/C22H26N6OS/c1-4-30-19-8-6-5-7-16(19)24-20-9-11-23-22(26-20)25-17-13-15-14-27(2)12-10-18(15)28(3)21(17)29/h5-9,11,13H,4,10,12,14H2,1-3H3,(H2,23,24,25,26). The molecule has 0 unspecified atom stereocenters. The van der Waals surface area contributed by atoms with Crippen molar-refractivity contribution in [2.75, 3.05) is 30.0 Å². The molecule has 0 saturated heterocycles. The van der Waals surface area contributed by atoms with Gasteiger partial charge in [0.25, 0.3) is 5.56 Å². The molecule has 2 aromatic heterocycles. The molecule has 3 heterocycles. The number of para-hydroxylation sites is 1. The minimum Gasteiger partial charge on any atom is -0.339 e. The Morgan fingerprint density at radius 1 is 1.13 bits per heavy atom. The van der Waals surface area contributed by atoms with E-state index in [1.165, 1.54) is 4.90 Å². The molecule has 0 bridgehead atoms. The lowest BCUT2D eigenvalue weighted by atomic mass is 10.1. The molecule has 0 atom stereocenters. The molecular formula is C22H26N6OS. The number of nitrogens with zero attached hydrogens (tertiary/aromatic N) is 4. The summed E-state index contributed by atoms with van der Waals surface area (Å²) in [6.07, 6.45) is 2.56. The number of anilines is 4. The van der Waals surface area contributed by atoms with Gasteiger partial charge in [0.05, 0.1) is 5.69 Å². The summed E-state index contributed by atoms with van der Waals surface area (Å²) in [5.41, 5.74) is 3.69. The van der Waals surface area contributed by atoms with Crippen molar-refractivity contribution in [3.05, 3.63) is 64.2 Å².